The van der Waals surface area contributed by atoms with Gasteiger partial charge in [-0.1, -0.05) is 29.8 Å². The molecule has 0 aliphatic rings. The summed E-state index contributed by atoms with van der Waals surface area (Å²) in [5.41, 5.74) is 0. The molecule has 0 bridgehead atoms. The smallest absolute Gasteiger partial charge is 0.433 e. The Bertz CT molecular complexity index is 1010. The second-order valence-corrected chi connectivity index (χ2v) is 8.16. The number of para-hydroxylation sites is 1. The molecule has 0 aromatic heterocycles. The number of carbonyl (C=O) groups is 1. The lowest BCUT2D eigenvalue weighted by atomic mass is 10.3. The Labute approximate surface area is 198 Å². The van der Waals surface area contributed by atoms with E-state index in [4.69, 9.17) is 35.3 Å². The monoisotopic (exact) mass is 470 g/mol. The molecule has 0 atom stereocenters. The van der Waals surface area contributed by atoms with Gasteiger partial charge in [0.15, 0.2) is 0 Å². The van der Waals surface area contributed by atoms with Crippen molar-refractivity contribution in [2.24, 2.45) is 0 Å². The standard InChI is InChI=1S/C26H27ClO6/c1-18(2)31-26(32-19(3)4,33-24-12-10-20(27)11-13-24)25(28)30-23-16-14-22(15-17-23)29-21-8-6-5-7-9-21/h5-19H,1-4H3. The van der Waals surface area contributed by atoms with Gasteiger partial charge < -0.3 is 23.7 Å². The first-order valence-corrected chi connectivity index (χ1v) is 11.0. The van der Waals surface area contributed by atoms with E-state index in [2.05, 4.69) is 0 Å². The topological polar surface area (TPSA) is 63.2 Å². The van der Waals surface area contributed by atoms with Crippen LogP contribution in [0.25, 0.3) is 0 Å². The first-order valence-electron chi connectivity index (χ1n) is 10.6. The molecule has 0 unspecified atom stereocenters. The van der Waals surface area contributed by atoms with Crippen LogP contribution in [-0.2, 0) is 14.3 Å². The van der Waals surface area contributed by atoms with E-state index in [1.165, 1.54) is 0 Å². The van der Waals surface area contributed by atoms with Crippen LogP contribution < -0.4 is 14.2 Å². The maximum atomic E-state index is 13.3. The minimum absolute atomic E-state index is 0.282. The molecule has 0 saturated heterocycles. The molecule has 6 nitrogen and oxygen atoms in total. The van der Waals surface area contributed by atoms with Crippen LogP contribution in [0.15, 0.2) is 78.9 Å². The molecule has 0 heterocycles. The number of hydrogen-bond donors (Lipinski definition) is 0. The zero-order valence-corrected chi connectivity index (χ0v) is 19.7. The average Bonchev–Trinajstić information content (AvgIpc) is 2.76. The molecule has 3 rings (SSSR count). The van der Waals surface area contributed by atoms with E-state index in [0.29, 0.717) is 22.3 Å². The molecular formula is C26H27ClO6. The van der Waals surface area contributed by atoms with Crippen molar-refractivity contribution in [1.82, 2.24) is 0 Å². The van der Waals surface area contributed by atoms with Gasteiger partial charge in [0.2, 0.25) is 0 Å². The molecule has 0 aliphatic heterocycles. The van der Waals surface area contributed by atoms with E-state index in [1.54, 1.807) is 76.2 Å². The Balaban J connectivity index is 1.81. The third kappa shape index (κ3) is 7.22. The maximum absolute atomic E-state index is 13.3. The van der Waals surface area contributed by atoms with Gasteiger partial charge in [-0.15, -0.1) is 0 Å². The van der Waals surface area contributed by atoms with Crippen molar-refractivity contribution in [3.63, 3.8) is 0 Å². The fraction of sp³-hybridized carbons (Fsp3) is 0.269. The van der Waals surface area contributed by atoms with E-state index in [9.17, 15) is 4.79 Å². The summed E-state index contributed by atoms with van der Waals surface area (Å²) >= 11 is 5.97. The predicted molar refractivity (Wildman–Crippen MR) is 126 cm³/mol. The Morgan fingerprint density at radius 2 is 1.18 bits per heavy atom. The Morgan fingerprint density at radius 3 is 1.73 bits per heavy atom. The quantitative estimate of drug-likeness (QED) is 0.188. The highest BCUT2D eigenvalue weighted by atomic mass is 35.5. The molecule has 0 amide bonds. The van der Waals surface area contributed by atoms with Gasteiger partial charge in [0, 0.05) is 5.02 Å². The van der Waals surface area contributed by atoms with Crippen LogP contribution in [0.5, 0.6) is 23.0 Å². The average molecular weight is 471 g/mol. The Hall–Kier alpha value is -3.06. The van der Waals surface area contributed by atoms with E-state index in [0.717, 1.165) is 0 Å². The molecule has 3 aromatic carbocycles. The predicted octanol–water partition coefficient (Wildman–Crippen LogP) is 6.62. The van der Waals surface area contributed by atoms with E-state index in [1.807, 2.05) is 30.3 Å². The zero-order valence-electron chi connectivity index (χ0n) is 19.0. The van der Waals surface area contributed by atoms with Crippen LogP contribution in [-0.4, -0.2) is 24.2 Å². The molecule has 0 N–H and O–H groups in total. The second kappa shape index (κ2) is 11.2. The van der Waals surface area contributed by atoms with Crippen molar-refractivity contribution < 1.29 is 28.5 Å². The maximum Gasteiger partial charge on any atom is 0.433 e. The number of carbonyl (C=O) groups excluding carboxylic acids is 1. The highest BCUT2D eigenvalue weighted by Gasteiger charge is 2.49. The van der Waals surface area contributed by atoms with Crippen molar-refractivity contribution >= 4 is 17.6 Å². The number of ether oxygens (including phenoxy) is 5. The number of halogens is 1. The lowest BCUT2D eigenvalue weighted by Gasteiger charge is -2.33. The molecule has 3 aromatic rings. The highest BCUT2D eigenvalue weighted by molar-refractivity contribution is 6.30. The largest absolute Gasteiger partial charge is 0.457 e. The lowest BCUT2D eigenvalue weighted by Crippen LogP contribution is -2.54. The van der Waals surface area contributed by atoms with Gasteiger partial charge in [0.1, 0.15) is 23.0 Å². The van der Waals surface area contributed by atoms with Crippen LogP contribution in [0.4, 0.5) is 0 Å². The molecule has 0 radical (unpaired) electrons. The zero-order chi connectivity index (χ0) is 23.8. The minimum atomic E-state index is -2.12. The van der Waals surface area contributed by atoms with Gasteiger partial charge in [0.25, 0.3) is 0 Å². The lowest BCUT2D eigenvalue weighted by molar-refractivity contribution is -0.348. The number of hydrogen-bond acceptors (Lipinski definition) is 6. The normalized spacial score (nSPS) is 11.5. The van der Waals surface area contributed by atoms with E-state index >= 15 is 0 Å². The summed E-state index contributed by atoms with van der Waals surface area (Å²) in [5, 5.41) is 0.530. The van der Waals surface area contributed by atoms with Gasteiger partial charge in [0.05, 0.1) is 12.2 Å². The summed E-state index contributed by atoms with van der Waals surface area (Å²) in [7, 11) is 0. The fourth-order valence-corrected chi connectivity index (χ4v) is 2.99. The van der Waals surface area contributed by atoms with Crippen molar-refractivity contribution in [2.75, 3.05) is 0 Å². The summed E-state index contributed by atoms with van der Waals surface area (Å²) < 4.78 is 29.0. The van der Waals surface area contributed by atoms with Gasteiger partial charge >= 0.3 is 11.9 Å². The van der Waals surface area contributed by atoms with Crippen LogP contribution in [0.1, 0.15) is 27.7 Å². The van der Waals surface area contributed by atoms with Crippen LogP contribution in [0.3, 0.4) is 0 Å². The Morgan fingerprint density at radius 1 is 0.697 bits per heavy atom. The molecule has 0 fully saturated rings. The van der Waals surface area contributed by atoms with E-state index < -0.39 is 24.2 Å². The Kier molecular flexibility index (Phi) is 8.33. The van der Waals surface area contributed by atoms with E-state index in [-0.39, 0.29) is 5.75 Å². The number of rotatable bonds is 10. The van der Waals surface area contributed by atoms with Gasteiger partial charge in [-0.2, -0.15) is 0 Å². The number of esters is 1. The second-order valence-electron chi connectivity index (χ2n) is 7.72. The fourth-order valence-electron chi connectivity index (χ4n) is 2.86. The van der Waals surface area contributed by atoms with Crippen molar-refractivity contribution in [3.05, 3.63) is 83.9 Å². The van der Waals surface area contributed by atoms with Crippen molar-refractivity contribution in [1.29, 1.82) is 0 Å². The number of benzene rings is 3. The van der Waals surface area contributed by atoms with Crippen LogP contribution >= 0.6 is 11.6 Å². The van der Waals surface area contributed by atoms with Crippen molar-refractivity contribution in [3.8, 4) is 23.0 Å². The molecule has 0 saturated carbocycles. The summed E-state index contributed by atoms with van der Waals surface area (Å²) in [5.74, 6) is -1.05. The van der Waals surface area contributed by atoms with Gasteiger partial charge in [-0.3, -0.25) is 0 Å². The highest BCUT2D eigenvalue weighted by Crippen LogP contribution is 2.29. The van der Waals surface area contributed by atoms with Gasteiger partial charge in [-0.05, 0) is 88.4 Å². The van der Waals surface area contributed by atoms with Crippen LogP contribution in [0.2, 0.25) is 5.02 Å². The molecule has 33 heavy (non-hydrogen) atoms. The summed E-state index contributed by atoms with van der Waals surface area (Å²) in [6.07, 6.45) is -0.796. The summed E-state index contributed by atoms with van der Waals surface area (Å²) in [6, 6.07) is 22.5. The SMILES string of the molecule is CC(C)OC(Oc1ccc(Cl)cc1)(OC(C)C)C(=O)Oc1ccc(Oc2ccccc2)cc1. The molecule has 7 heteroatoms. The summed E-state index contributed by atoms with van der Waals surface area (Å²) in [6.45, 7) is 7.08. The van der Waals surface area contributed by atoms with Crippen molar-refractivity contribution in [2.45, 2.75) is 45.9 Å². The molecular weight excluding hydrogens is 444 g/mol. The first-order chi connectivity index (χ1) is 15.8. The molecule has 0 spiro atoms. The third-order valence-electron chi connectivity index (χ3n) is 4.11. The summed E-state index contributed by atoms with van der Waals surface area (Å²) in [4.78, 5) is 13.3. The van der Waals surface area contributed by atoms with Gasteiger partial charge in [-0.25, -0.2) is 4.79 Å². The minimum Gasteiger partial charge on any atom is -0.457 e. The third-order valence-corrected chi connectivity index (χ3v) is 4.36. The molecule has 174 valence electrons. The molecule has 0 aliphatic carbocycles. The first kappa shape index (κ1) is 24.6. The van der Waals surface area contributed by atoms with Crippen LogP contribution in [0, 0.1) is 0 Å².